The van der Waals surface area contributed by atoms with Crippen molar-refractivity contribution in [3.63, 3.8) is 0 Å². The maximum atomic E-state index is 13.3. The van der Waals surface area contributed by atoms with Crippen molar-refractivity contribution in [3.05, 3.63) is 82.3 Å². The van der Waals surface area contributed by atoms with Crippen LogP contribution in [0, 0.1) is 18.3 Å². The van der Waals surface area contributed by atoms with Crippen molar-refractivity contribution in [1.29, 1.82) is 5.26 Å². The van der Waals surface area contributed by atoms with Crippen molar-refractivity contribution in [2.45, 2.75) is 43.4 Å². The van der Waals surface area contributed by atoms with Crippen LogP contribution in [0.2, 0.25) is 0 Å². The third-order valence-electron chi connectivity index (χ3n) is 6.73. The van der Waals surface area contributed by atoms with Gasteiger partial charge in [-0.15, -0.1) is 10.2 Å². The number of Topliss-reactive ketones (excluding diaryl/α,β-unsaturated/α-hetero) is 1. The van der Waals surface area contributed by atoms with E-state index in [9.17, 15) is 19.6 Å². The summed E-state index contributed by atoms with van der Waals surface area (Å²) in [5, 5.41) is 24.7. The monoisotopic (exact) mass is 585 g/mol. The molecule has 0 bridgehead atoms. The van der Waals surface area contributed by atoms with Gasteiger partial charge >= 0.3 is 0 Å². The van der Waals surface area contributed by atoms with E-state index in [1.165, 1.54) is 30.0 Å². The highest BCUT2D eigenvalue weighted by Gasteiger charge is 2.41. The first-order valence-electron chi connectivity index (χ1n) is 12.9. The van der Waals surface area contributed by atoms with Gasteiger partial charge in [0.05, 0.1) is 23.3 Å². The number of nitrogens with zero attached hydrogens (tertiary/aromatic N) is 4. The molecule has 5 rings (SSSR count). The Hall–Kier alpha value is -4.47. The van der Waals surface area contributed by atoms with E-state index in [-0.39, 0.29) is 29.2 Å². The predicted octanol–water partition coefficient (Wildman–Crippen LogP) is 4.84. The summed E-state index contributed by atoms with van der Waals surface area (Å²) in [7, 11) is 0. The average molecular weight is 586 g/mol. The Morgan fingerprint density at radius 1 is 1.10 bits per heavy atom. The van der Waals surface area contributed by atoms with Crippen molar-refractivity contribution < 1.29 is 14.4 Å². The van der Waals surface area contributed by atoms with Gasteiger partial charge in [0.15, 0.2) is 10.1 Å². The summed E-state index contributed by atoms with van der Waals surface area (Å²) in [6.07, 6.45) is 1.71. The minimum atomic E-state index is -0.530. The quantitative estimate of drug-likeness (QED) is 0.330. The highest BCUT2D eigenvalue weighted by Crippen LogP contribution is 2.47. The van der Waals surface area contributed by atoms with E-state index in [0.29, 0.717) is 51.3 Å². The Bertz CT molecular complexity index is 1620. The van der Waals surface area contributed by atoms with Gasteiger partial charge in [-0.3, -0.25) is 19.3 Å². The number of allylic oxidation sites excluding steroid dienone is 3. The van der Waals surface area contributed by atoms with E-state index in [1.54, 1.807) is 29.2 Å². The molecule has 1 aliphatic heterocycles. The molecule has 208 valence electrons. The molecule has 1 aromatic heterocycles. The molecule has 2 amide bonds. The van der Waals surface area contributed by atoms with Gasteiger partial charge in [0.1, 0.15) is 5.82 Å². The Kier molecular flexibility index (Phi) is 8.19. The van der Waals surface area contributed by atoms with Crippen molar-refractivity contribution >= 4 is 57.2 Å². The van der Waals surface area contributed by atoms with Gasteiger partial charge in [0.25, 0.3) is 0 Å². The Morgan fingerprint density at radius 2 is 1.78 bits per heavy atom. The average Bonchev–Trinajstić information content (AvgIpc) is 3.41. The molecule has 10 nitrogen and oxygen atoms in total. The summed E-state index contributed by atoms with van der Waals surface area (Å²) in [5.41, 5.74) is 11.4. The number of aromatic nitrogens is 2. The Labute approximate surface area is 245 Å². The molecule has 0 fully saturated rings. The molecule has 0 saturated carbocycles. The van der Waals surface area contributed by atoms with Crippen LogP contribution in [-0.4, -0.2) is 33.5 Å². The first-order valence-corrected chi connectivity index (χ1v) is 14.7. The van der Waals surface area contributed by atoms with E-state index in [0.717, 1.165) is 16.8 Å². The zero-order valence-electron chi connectivity index (χ0n) is 22.4. The van der Waals surface area contributed by atoms with Crippen LogP contribution < -0.4 is 21.3 Å². The largest absolute Gasteiger partial charge is 0.384 e. The highest BCUT2D eigenvalue weighted by atomic mass is 32.2. The molecule has 2 aliphatic rings. The van der Waals surface area contributed by atoms with E-state index in [4.69, 9.17) is 5.73 Å². The van der Waals surface area contributed by atoms with Crippen LogP contribution in [0.25, 0.3) is 0 Å². The second kappa shape index (κ2) is 12.0. The van der Waals surface area contributed by atoms with Gasteiger partial charge in [-0.2, -0.15) is 5.26 Å². The molecule has 3 aromatic rings. The summed E-state index contributed by atoms with van der Waals surface area (Å²) >= 11 is 2.47. The van der Waals surface area contributed by atoms with E-state index in [2.05, 4.69) is 26.9 Å². The second-order valence-corrected chi connectivity index (χ2v) is 11.9. The summed E-state index contributed by atoms with van der Waals surface area (Å²) in [6, 6.07) is 16.9. The van der Waals surface area contributed by atoms with Crippen LogP contribution in [0.1, 0.15) is 43.2 Å². The van der Waals surface area contributed by atoms with Crippen LogP contribution >= 0.6 is 23.1 Å². The molecule has 41 heavy (non-hydrogen) atoms. The second-order valence-electron chi connectivity index (χ2n) is 9.67. The zero-order chi connectivity index (χ0) is 29.1. The molecule has 4 N–H and O–H groups in total. The number of carbonyl (C=O) groups excluding carboxylic acids is 3. The minimum absolute atomic E-state index is 0.00275. The predicted molar refractivity (Wildman–Crippen MR) is 159 cm³/mol. The number of nitrogens with one attached hydrogen (secondary N) is 2. The molecule has 2 aromatic carbocycles. The number of nitrogens with two attached hydrogens (primary N) is 1. The van der Waals surface area contributed by atoms with Crippen molar-refractivity contribution in [2.75, 3.05) is 21.3 Å². The summed E-state index contributed by atoms with van der Waals surface area (Å²) in [5.74, 6) is -0.598. The Balaban J connectivity index is 1.35. The van der Waals surface area contributed by atoms with Crippen molar-refractivity contribution in [1.82, 2.24) is 10.2 Å². The maximum absolute atomic E-state index is 13.3. The molecule has 1 atom stereocenters. The van der Waals surface area contributed by atoms with Gasteiger partial charge in [-0.25, -0.2) is 0 Å². The number of rotatable bonds is 7. The lowest BCUT2D eigenvalue weighted by molar-refractivity contribution is -0.116. The molecule has 0 saturated heterocycles. The zero-order valence-corrected chi connectivity index (χ0v) is 24.1. The van der Waals surface area contributed by atoms with Crippen molar-refractivity contribution in [2.24, 2.45) is 5.73 Å². The molecule has 0 radical (unpaired) electrons. The van der Waals surface area contributed by atoms with Gasteiger partial charge in [0, 0.05) is 36.0 Å². The molecule has 0 spiro atoms. The standard InChI is InChI=1S/C29H27N7O3S2/c1-16-6-8-18(9-7-16)25-21(14-30)27(31)36(22-4-3-5-23(38)26(22)25)28-34-35-29(41-28)40-15-24(39)33-20-12-10-19(11-13-20)32-17(2)37/h6-13,25H,3-5,15,31H2,1-2H3,(H,32,37)(H,33,39). The lowest BCUT2D eigenvalue weighted by Crippen LogP contribution is -2.38. The van der Waals surface area contributed by atoms with Gasteiger partial charge in [-0.05, 0) is 49.6 Å². The molecule has 12 heteroatoms. The number of ketones is 1. The number of benzene rings is 2. The molecular formula is C29H27N7O3S2. The first-order chi connectivity index (χ1) is 19.7. The minimum Gasteiger partial charge on any atom is -0.384 e. The van der Waals surface area contributed by atoms with Gasteiger partial charge < -0.3 is 16.4 Å². The van der Waals surface area contributed by atoms with E-state index < -0.39 is 5.92 Å². The number of amides is 2. The fourth-order valence-corrected chi connectivity index (χ4v) is 6.59. The number of aryl methyl sites for hydroxylation is 1. The van der Waals surface area contributed by atoms with Gasteiger partial charge in [-0.1, -0.05) is 52.9 Å². The number of nitriles is 1. The van der Waals surface area contributed by atoms with Crippen LogP contribution in [0.15, 0.2) is 75.5 Å². The van der Waals surface area contributed by atoms with Crippen LogP contribution in [0.4, 0.5) is 16.5 Å². The summed E-state index contributed by atoms with van der Waals surface area (Å²) in [4.78, 5) is 38.7. The summed E-state index contributed by atoms with van der Waals surface area (Å²) < 4.78 is 0.549. The number of hydrogen-bond acceptors (Lipinski definition) is 10. The van der Waals surface area contributed by atoms with Crippen LogP contribution in [0.3, 0.4) is 0 Å². The lowest BCUT2D eigenvalue weighted by atomic mass is 9.75. The van der Waals surface area contributed by atoms with Gasteiger partial charge in [0.2, 0.25) is 16.9 Å². The molecular weight excluding hydrogens is 558 g/mol. The lowest BCUT2D eigenvalue weighted by Gasteiger charge is -2.38. The highest BCUT2D eigenvalue weighted by molar-refractivity contribution is 8.01. The number of hydrogen-bond donors (Lipinski definition) is 3. The third kappa shape index (κ3) is 6.01. The fraction of sp³-hybridized carbons (Fsp3) is 0.241. The number of thioether (sulfide) groups is 1. The SMILES string of the molecule is CC(=O)Nc1ccc(NC(=O)CSc2nnc(N3C(N)=C(C#N)C(c4ccc(C)cc4)C4=C3CCCC4=O)s2)cc1. The Morgan fingerprint density at radius 3 is 2.44 bits per heavy atom. The maximum Gasteiger partial charge on any atom is 0.234 e. The smallest absolute Gasteiger partial charge is 0.234 e. The van der Waals surface area contributed by atoms with Crippen LogP contribution in [-0.2, 0) is 14.4 Å². The van der Waals surface area contributed by atoms with Crippen molar-refractivity contribution in [3.8, 4) is 6.07 Å². The topological polar surface area (TPSA) is 154 Å². The van der Waals surface area contributed by atoms with Crippen LogP contribution in [0.5, 0.6) is 0 Å². The molecule has 1 aliphatic carbocycles. The number of anilines is 3. The first kappa shape index (κ1) is 28.1. The summed E-state index contributed by atoms with van der Waals surface area (Å²) in [6.45, 7) is 3.41. The molecule has 1 unspecified atom stereocenters. The molecule has 2 heterocycles. The third-order valence-corrected chi connectivity index (χ3v) is 8.77. The normalized spacial score (nSPS) is 16.8. The van der Waals surface area contributed by atoms with E-state index >= 15 is 0 Å². The van der Waals surface area contributed by atoms with E-state index in [1.807, 2.05) is 31.2 Å². The fourth-order valence-electron chi connectivity index (χ4n) is 4.91. The number of carbonyl (C=O) groups is 3.